The summed E-state index contributed by atoms with van der Waals surface area (Å²) in [4.78, 5) is 2.23. The zero-order valence-electron chi connectivity index (χ0n) is 13.3. The molecule has 4 aliphatic rings. The third-order valence-electron chi connectivity index (χ3n) is 6.57. The highest BCUT2D eigenvalue weighted by molar-refractivity contribution is 5.65. The molecule has 5 nitrogen and oxygen atoms in total. The molecule has 1 spiro atoms. The lowest BCUT2D eigenvalue weighted by atomic mass is 9.53. The van der Waals surface area contributed by atoms with Crippen LogP contribution in [0.2, 0.25) is 0 Å². The van der Waals surface area contributed by atoms with Gasteiger partial charge in [0, 0.05) is 12.0 Å². The number of ether oxygens (including phenoxy) is 2. The van der Waals surface area contributed by atoms with Crippen molar-refractivity contribution in [3.8, 4) is 11.5 Å². The van der Waals surface area contributed by atoms with Crippen molar-refractivity contribution in [2.24, 2.45) is 0 Å². The van der Waals surface area contributed by atoms with Crippen LogP contribution < -0.4 is 9.47 Å². The second-order valence-electron chi connectivity index (χ2n) is 7.21. The molecular formula is C18H21NO4. The van der Waals surface area contributed by atoms with E-state index in [4.69, 9.17) is 9.47 Å². The maximum Gasteiger partial charge on any atom is 0.166 e. The second kappa shape index (κ2) is 4.09. The number of aliphatic hydroxyl groups excluding tert-OH is 2. The van der Waals surface area contributed by atoms with Crippen molar-refractivity contribution in [1.29, 1.82) is 0 Å². The van der Waals surface area contributed by atoms with Gasteiger partial charge in [-0.15, -0.1) is 0 Å². The number of benzene rings is 1. The zero-order valence-corrected chi connectivity index (χ0v) is 13.3. The first-order chi connectivity index (χ1) is 11.1. The Labute approximate surface area is 135 Å². The van der Waals surface area contributed by atoms with E-state index in [9.17, 15) is 10.2 Å². The summed E-state index contributed by atoms with van der Waals surface area (Å²) in [6, 6.07) is 3.94. The fourth-order valence-electron chi connectivity index (χ4n) is 5.69. The van der Waals surface area contributed by atoms with Gasteiger partial charge < -0.3 is 19.7 Å². The van der Waals surface area contributed by atoms with Crippen LogP contribution >= 0.6 is 0 Å². The molecule has 122 valence electrons. The Balaban J connectivity index is 1.89. The van der Waals surface area contributed by atoms with Crippen molar-refractivity contribution in [2.45, 2.75) is 42.1 Å². The minimum absolute atomic E-state index is 0.377. The van der Waals surface area contributed by atoms with E-state index in [2.05, 4.69) is 11.9 Å². The van der Waals surface area contributed by atoms with Crippen LogP contribution in [0.1, 0.15) is 17.5 Å². The zero-order chi connectivity index (χ0) is 16.0. The molecule has 1 aromatic carbocycles. The van der Waals surface area contributed by atoms with Crippen molar-refractivity contribution in [3.05, 3.63) is 35.4 Å². The molecule has 5 heteroatoms. The first-order valence-corrected chi connectivity index (χ1v) is 8.20. The van der Waals surface area contributed by atoms with Crippen LogP contribution in [0.15, 0.2) is 24.3 Å². The molecule has 0 amide bonds. The van der Waals surface area contributed by atoms with Gasteiger partial charge in [-0.05, 0) is 31.6 Å². The van der Waals surface area contributed by atoms with E-state index in [0.717, 1.165) is 29.8 Å². The fraction of sp³-hybridized carbons (Fsp3) is 0.556. The molecule has 0 aromatic heterocycles. The maximum atomic E-state index is 11.1. The average Bonchev–Trinajstić information content (AvgIpc) is 3.06. The van der Waals surface area contributed by atoms with Crippen molar-refractivity contribution in [1.82, 2.24) is 4.90 Å². The molecule has 2 heterocycles. The summed E-state index contributed by atoms with van der Waals surface area (Å²) in [6.45, 7) is 0.865. The normalized spacial score (nSPS) is 43.0. The van der Waals surface area contributed by atoms with Crippen molar-refractivity contribution in [3.63, 3.8) is 0 Å². The molecule has 2 N–H and O–H groups in total. The van der Waals surface area contributed by atoms with E-state index in [1.165, 1.54) is 0 Å². The Morgan fingerprint density at radius 2 is 2.17 bits per heavy atom. The molecule has 23 heavy (non-hydrogen) atoms. The Hall–Kier alpha value is -1.56. The molecule has 1 fully saturated rings. The number of hydrogen-bond acceptors (Lipinski definition) is 5. The number of likely N-dealkylation sites (N-methyl/N-ethyl adjacent to an activating group) is 1. The Morgan fingerprint density at radius 1 is 1.35 bits per heavy atom. The predicted molar refractivity (Wildman–Crippen MR) is 83.9 cm³/mol. The van der Waals surface area contributed by atoms with Crippen LogP contribution in [0, 0.1) is 0 Å². The van der Waals surface area contributed by atoms with Crippen LogP contribution in [0.5, 0.6) is 11.5 Å². The van der Waals surface area contributed by atoms with Crippen LogP contribution in [-0.2, 0) is 11.8 Å². The third kappa shape index (κ3) is 1.25. The largest absolute Gasteiger partial charge is 0.493 e. The van der Waals surface area contributed by atoms with Gasteiger partial charge in [-0.3, -0.25) is 4.90 Å². The molecule has 1 aromatic rings. The first kappa shape index (κ1) is 13.8. The standard InChI is InChI=1S/C18H21NO4/c1-19-8-7-17-14-10-3-4-12(22-2)15(14)23-16(17)11(20)5-6-18(17,19)13(21)9-10/h3-6,11,13,16,20-21H,7-9H2,1-2H3/t11-,13-,16-,17-,18+/m0/s1. The highest BCUT2D eigenvalue weighted by atomic mass is 16.5. The number of rotatable bonds is 1. The number of hydrogen-bond donors (Lipinski definition) is 2. The fourth-order valence-corrected chi connectivity index (χ4v) is 5.69. The number of nitrogens with zero attached hydrogens (tertiary/aromatic N) is 1. The van der Waals surface area contributed by atoms with Gasteiger partial charge in [-0.1, -0.05) is 18.2 Å². The minimum atomic E-state index is -0.676. The monoisotopic (exact) mass is 315 g/mol. The summed E-state index contributed by atoms with van der Waals surface area (Å²) in [5, 5.41) is 21.7. The summed E-state index contributed by atoms with van der Waals surface area (Å²) < 4.78 is 11.8. The molecule has 0 bridgehead atoms. The van der Waals surface area contributed by atoms with Gasteiger partial charge in [0.2, 0.25) is 0 Å². The molecule has 2 aliphatic carbocycles. The summed E-state index contributed by atoms with van der Waals surface area (Å²) in [6.07, 6.45) is 3.69. The minimum Gasteiger partial charge on any atom is -0.493 e. The predicted octanol–water partition coefficient (Wildman–Crippen LogP) is 0.616. The topological polar surface area (TPSA) is 62.2 Å². The van der Waals surface area contributed by atoms with Gasteiger partial charge in [0.25, 0.3) is 0 Å². The highest BCUT2D eigenvalue weighted by Crippen LogP contribution is 2.65. The molecule has 2 aliphatic heterocycles. The molecule has 0 unspecified atom stereocenters. The Morgan fingerprint density at radius 3 is 2.96 bits per heavy atom. The quantitative estimate of drug-likeness (QED) is 0.744. The van der Waals surface area contributed by atoms with E-state index in [-0.39, 0.29) is 6.10 Å². The molecule has 0 saturated carbocycles. The third-order valence-corrected chi connectivity index (χ3v) is 6.57. The van der Waals surface area contributed by atoms with Crippen molar-refractivity contribution in [2.75, 3.05) is 20.7 Å². The number of aliphatic hydroxyl groups is 2. The van der Waals surface area contributed by atoms with E-state index >= 15 is 0 Å². The van der Waals surface area contributed by atoms with E-state index in [1.54, 1.807) is 13.2 Å². The average molecular weight is 315 g/mol. The number of methoxy groups -OCH3 is 1. The number of likely N-dealkylation sites (tertiary alicyclic amines) is 1. The molecule has 1 saturated heterocycles. The Kier molecular flexibility index (Phi) is 2.46. The van der Waals surface area contributed by atoms with E-state index < -0.39 is 23.2 Å². The summed E-state index contributed by atoms with van der Waals surface area (Å²) in [7, 11) is 3.70. The highest BCUT2D eigenvalue weighted by Gasteiger charge is 2.73. The molecular weight excluding hydrogens is 294 g/mol. The SMILES string of the molecule is COc1ccc2c3c1O[C@H]1[C@@H](O)C=C[C@]4([C@@H](O)C2)N(C)CC[C@]314. The lowest BCUT2D eigenvalue weighted by molar-refractivity contribution is -0.0680. The van der Waals surface area contributed by atoms with Gasteiger partial charge in [0.15, 0.2) is 11.5 Å². The molecule has 5 atom stereocenters. The van der Waals surface area contributed by atoms with Crippen LogP contribution in [-0.4, -0.2) is 59.7 Å². The first-order valence-electron chi connectivity index (χ1n) is 8.20. The summed E-state index contributed by atoms with van der Waals surface area (Å²) in [5.74, 6) is 1.46. The lowest BCUT2D eigenvalue weighted by Gasteiger charge is -2.55. The molecule has 0 radical (unpaired) electrons. The van der Waals surface area contributed by atoms with Crippen LogP contribution in [0.3, 0.4) is 0 Å². The summed E-state index contributed by atoms with van der Waals surface area (Å²) in [5.41, 5.74) is 1.33. The summed E-state index contributed by atoms with van der Waals surface area (Å²) >= 11 is 0. The van der Waals surface area contributed by atoms with Gasteiger partial charge in [0.05, 0.1) is 24.2 Å². The van der Waals surface area contributed by atoms with Crippen molar-refractivity contribution < 1.29 is 19.7 Å². The van der Waals surface area contributed by atoms with Gasteiger partial charge >= 0.3 is 0 Å². The van der Waals surface area contributed by atoms with Gasteiger partial charge in [-0.2, -0.15) is 0 Å². The van der Waals surface area contributed by atoms with Gasteiger partial charge in [0.1, 0.15) is 12.2 Å². The Bertz CT molecular complexity index is 732. The second-order valence-corrected chi connectivity index (χ2v) is 7.21. The maximum absolute atomic E-state index is 11.1. The van der Waals surface area contributed by atoms with Crippen LogP contribution in [0.4, 0.5) is 0 Å². The van der Waals surface area contributed by atoms with E-state index in [0.29, 0.717) is 12.2 Å². The smallest absolute Gasteiger partial charge is 0.166 e. The van der Waals surface area contributed by atoms with Gasteiger partial charge in [-0.25, -0.2) is 0 Å². The van der Waals surface area contributed by atoms with Crippen LogP contribution in [0.25, 0.3) is 0 Å². The molecule has 5 rings (SSSR count). The van der Waals surface area contributed by atoms with E-state index in [1.807, 2.05) is 18.2 Å². The lowest BCUT2D eigenvalue weighted by Crippen LogP contribution is -2.70. The van der Waals surface area contributed by atoms with Crippen molar-refractivity contribution >= 4 is 0 Å².